The quantitative estimate of drug-likeness (QED) is 0.722. The van der Waals surface area contributed by atoms with E-state index in [0.717, 1.165) is 30.8 Å². The number of benzene rings is 1. The number of likely N-dealkylation sites (N-methyl/N-ethyl adjacent to an activating group) is 1. The van der Waals surface area contributed by atoms with Crippen molar-refractivity contribution < 1.29 is 4.79 Å². The lowest BCUT2D eigenvalue weighted by Crippen LogP contribution is -2.38. The standard InChI is InChI=1S/C12H17N3O/c1-14-12(16)8-15-6-2-3-9-4-5-10(13)7-11(9)15/h4-5,7H,2-3,6,8,13H2,1H3,(H,14,16). The molecule has 0 unspecified atom stereocenters. The predicted octanol–water partition coefficient (Wildman–Crippen LogP) is 0.767. The van der Waals surface area contributed by atoms with Gasteiger partial charge in [-0.3, -0.25) is 4.79 Å². The zero-order valence-corrected chi connectivity index (χ0v) is 9.49. The highest BCUT2D eigenvalue weighted by molar-refractivity contribution is 5.82. The maximum Gasteiger partial charge on any atom is 0.239 e. The summed E-state index contributed by atoms with van der Waals surface area (Å²) in [5.74, 6) is 0.0373. The summed E-state index contributed by atoms with van der Waals surface area (Å²) in [6.07, 6.45) is 2.16. The number of nitrogen functional groups attached to an aromatic ring is 1. The molecule has 16 heavy (non-hydrogen) atoms. The molecular weight excluding hydrogens is 202 g/mol. The van der Waals surface area contributed by atoms with Gasteiger partial charge in [0.15, 0.2) is 0 Å². The molecule has 0 radical (unpaired) electrons. The van der Waals surface area contributed by atoms with Gasteiger partial charge in [-0.05, 0) is 30.5 Å². The van der Waals surface area contributed by atoms with Crippen LogP contribution in [0.15, 0.2) is 18.2 Å². The number of amides is 1. The van der Waals surface area contributed by atoms with Crippen molar-refractivity contribution >= 4 is 17.3 Å². The number of nitrogens with two attached hydrogens (primary N) is 1. The Hall–Kier alpha value is -1.71. The average Bonchev–Trinajstić information content (AvgIpc) is 2.29. The summed E-state index contributed by atoms with van der Waals surface area (Å²) in [5.41, 5.74) is 8.92. The first kappa shape index (κ1) is 10.8. The average molecular weight is 219 g/mol. The fourth-order valence-electron chi connectivity index (χ4n) is 2.08. The lowest BCUT2D eigenvalue weighted by Gasteiger charge is -2.30. The molecule has 1 aromatic rings. The SMILES string of the molecule is CNC(=O)CN1CCCc2ccc(N)cc21. The highest BCUT2D eigenvalue weighted by Gasteiger charge is 2.18. The Kier molecular flexibility index (Phi) is 2.99. The van der Waals surface area contributed by atoms with Gasteiger partial charge in [-0.15, -0.1) is 0 Å². The van der Waals surface area contributed by atoms with Crippen molar-refractivity contribution in [2.24, 2.45) is 0 Å². The van der Waals surface area contributed by atoms with Crippen LogP contribution in [0.25, 0.3) is 0 Å². The number of hydrogen-bond acceptors (Lipinski definition) is 3. The summed E-state index contributed by atoms with van der Waals surface area (Å²) in [4.78, 5) is 13.5. The molecule has 4 heteroatoms. The fourth-order valence-corrected chi connectivity index (χ4v) is 2.08. The molecule has 0 fully saturated rings. The van der Waals surface area contributed by atoms with Crippen molar-refractivity contribution in [2.75, 3.05) is 30.8 Å². The van der Waals surface area contributed by atoms with Gasteiger partial charge in [0, 0.05) is 25.0 Å². The molecule has 0 bridgehead atoms. The van der Waals surface area contributed by atoms with Crippen LogP contribution in [0.2, 0.25) is 0 Å². The first-order chi connectivity index (χ1) is 7.70. The van der Waals surface area contributed by atoms with Gasteiger partial charge in [-0.25, -0.2) is 0 Å². The Morgan fingerprint density at radius 2 is 2.38 bits per heavy atom. The number of hydrogen-bond donors (Lipinski definition) is 2. The lowest BCUT2D eigenvalue weighted by molar-refractivity contribution is -0.119. The van der Waals surface area contributed by atoms with E-state index in [-0.39, 0.29) is 5.91 Å². The van der Waals surface area contributed by atoms with Crippen LogP contribution in [0.1, 0.15) is 12.0 Å². The van der Waals surface area contributed by atoms with E-state index in [0.29, 0.717) is 6.54 Å². The molecule has 1 aliphatic heterocycles. The van der Waals surface area contributed by atoms with Crippen molar-refractivity contribution in [3.8, 4) is 0 Å². The molecule has 4 nitrogen and oxygen atoms in total. The molecule has 0 aromatic heterocycles. The van der Waals surface area contributed by atoms with E-state index in [9.17, 15) is 4.79 Å². The fraction of sp³-hybridized carbons (Fsp3) is 0.417. The molecule has 1 amide bonds. The van der Waals surface area contributed by atoms with Crippen LogP contribution in [0.5, 0.6) is 0 Å². The minimum Gasteiger partial charge on any atom is -0.399 e. The van der Waals surface area contributed by atoms with Crippen LogP contribution in [0.3, 0.4) is 0 Å². The highest BCUT2D eigenvalue weighted by Crippen LogP contribution is 2.28. The summed E-state index contributed by atoms with van der Waals surface area (Å²) in [6.45, 7) is 1.33. The Bertz CT molecular complexity index is 403. The number of fused-ring (bicyclic) bond motifs is 1. The molecule has 86 valence electrons. The Balaban J connectivity index is 2.24. The second-order valence-electron chi connectivity index (χ2n) is 4.09. The predicted molar refractivity (Wildman–Crippen MR) is 65.5 cm³/mol. The van der Waals surface area contributed by atoms with Crippen LogP contribution in [-0.2, 0) is 11.2 Å². The van der Waals surface area contributed by atoms with E-state index in [4.69, 9.17) is 5.73 Å². The Labute approximate surface area is 95.4 Å². The molecule has 3 N–H and O–H groups in total. The highest BCUT2D eigenvalue weighted by atomic mass is 16.1. The number of nitrogens with one attached hydrogen (secondary N) is 1. The van der Waals surface area contributed by atoms with Gasteiger partial charge in [0.25, 0.3) is 0 Å². The van der Waals surface area contributed by atoms with Gasteiger partial charge in [0.05, 0.1) is 6.54 Å². The van der Waals surface area contributed by atoms with Crippen LogP contribution in [0, 0.1) is 0 Å². The van der Waals surface area contributed by atoms with Gasteiger partial charge >= 0.3 is 0 Å². The maximum absolute atomic E-state index is 11.4. The van der Waals surface area contributed by atoms with E-state index in [2.05, 4.69) is 16.3 Å². The van der Waals surface area contributed by atoms with Crippen LogP contribution < -0.4 is 16.0 Å². The molecule has 1 aromatic carbocycles. The summed E-state index contributed by atoms with van der Waals surface area (Å²) in [7, 11) is 1.66. The molecule has 1 heterocycles. The zero-order chi connectivity index (χ0) is 11.5. The number of nitrogens with zero attached hydrogens (tertiary/aromatic N) is 1. The second-order valence-corrected chi connectivity index (χ2v) is 4.09. The van der Waals surface area contributed by atoms with Gasteiger partial charge in [-0.2, -0.15) is 0 Å². The first-order valence-electron chi connectivity index (χ1n) is 5.54. The molecular formula is C12H17N3O. The molecule has 0 atom stereocenters. The first-order valence-corrected chi connectivity index (χ1v) is 5.54. The number of carbonyl (C=O) groups excluding carboxylic acids is 1. The van der Waals surface area contributed by atoms with Crippen LogP contribution in [-0.4, -0.2) is 26.0 Å². The van der Waals surface area contributed by atoms with Gasteiger partial charge in [0.1, 0.15) is 0 Å². The van der Waals surface area contributed by atoms with E-state index in [1.165, 1.54) is 5.56 Å². The monoisotopic (exact) mass is 219 g/mol. The van der Waals surface area contributed by atoms with Gasteiger partial charge in [0.2, 0.25) is 5.91 Å². The molecule has 0 spiro atoms. The van der Waals surface area contributed by atoms with E-state index in [1.807, 2.05) is 12.1 Å². The van der Waals surface area contributed by atoms with E-state index < -0.39 is 0 Å². The van der Waals surface area contributed by atoms with Gasteiger partial charge < -0.3 is 16.0 Å². The molecule has 0 saturated carbocycles. The summed E-state index contributed by atoms with van der Waals surface area (Å²) < 4.78 is 0. The number of rotatable bonds is 2. The smallest absolute Gasteiger partial charge is 0.239 e. The maximum atomic E-state index is 11.4. The summed E-state index contributed by atoms with van der Waals surface area (Å²) in [5, 5.41) is 2.65. The molecule has 1 aliphatic rings. The molecule has 2 rings (SSSR count). The van der Waals surface area contributed by atoms with Crippen LogP contribution in [0.4, 0.5) is 11.4 Å². The third-order valence-corrected chi connectivity index (χ3v) is 2.94. The minimum atomic E-state index is 0.0373. The summed E-state index contributed by atoms with van der Waals surface area (Å²) >= 11 is 0. The third kappa shape index (κ3) is 2.10. The topological polar surface area (TPSA) is 58.4 Å². The van der Waals surface area contributed by atoms with Crippen molar-refractivity contribution in [1.29, 1.82) is 0 Å². The van der Waals surface area contributed by atoms with Crippen molar-refractivity contribution in [2.45, 2.75) is 12.8 Å². The van der Waals surface area contributed by atoms with E-state index in [1.54, 1.807) is 7.05 Å². The Morgan fingerprint density at radius 1 is 1.56 bits per heavy atom. The van der Waals surface area contributed by atoms with Crippen LogP contribution >= 0.6 is 0 Å². The van der Waals surface area contributed by atoms with Crippen molar-refractivity contribution in [1.82, 2.24) is 5.32 Å². The molecule has 0 aliphatic carbocycles. The van der Waals surface area contributed by atoms with E-state index >= 15 is 0 Å². The number of aryl methyl sites for hydroxylation is 1. The third-order valence-electron chi connectivity index (χ3n) is 2.94. The lowest BCUT2D eigenvalue weighted by atomic mass is 10.0. The van der Waals surface area contributed by atoms with Crippen molar-refractivity contribution in [3.63, 3.8) is 0 Å². The molecule has 0 saturated heterocycles. The number of carbonyl (C=O) groups is 1. The number of anilines is 2. The Morgan fingerprint density at radius 3 is 3.12 bits per heavy atom. The normalized spacial score (nSPS) is 14.4. The second kappa shape index (κ2) is 4.43. The van der Waals surface area contributed by atoms with Gasteiger partial charge in [-0.1, -0.05) is 6.07 Å². The van der Waals surface area contributed by atoms with Crippen molar-refractivity contribution in [3.05, 3.63) is 23.8 Å². The largest absolute Gasteiger partial charge is 0.399 e. The summed E-state index contributed by atoms with van der Waals surface area (Å²) in [6, 6.07) is 5.93. The minimum absolute atomic E-state index is 0.0373. The zero-order valence-electron chi connectivity index (χ0n) is 9.49.